The minimum Gasteiger partial charge on any atom is -0.340 e. The number of rotatable bonds is 6. The summed E-state index contributed by atoms with van der Waals surface area (Å²) in [4.78, 5) is 17.7. The van der Waals surface area contributed by atoms with Crippen molar-refractivity contribution in [2.24, 2.45) is 0 Å². The Labute approximate surface area is 198 Å². The van der Waals surface area contributed by atoms with Crippen molar-refractivity contribution in [1.29, 1.82) is 0 Å². The maximum Gasteiger partial charge on any atom is 0.253 e. The molecule has 0 aliphatic heterocycles. The summed E-state index contributed by atoms with van der Waals surface area (Å²) in [5.41, 5.74) is 5.39. The van der Waals surface area contributed by atoms with Crippen molar-refractivity contribution in [3.05, 3.63) is 111 Å². The number of nitrogens with one attached hydrogen (secondary N) is 2. The molecule has 1 aromatic heterocycles. The van der Waals surface area contributed by atoms with Crippen molar-refractivity contribution in [3.63, 3.8) is 0 Å². The van der Waals surface area contributed by atoms with Crippen molar-refractivity contribution in [1.82, 2.24) is 9.88 Å². The van der Waals surface area contributed by atoms with E-state index in [2.05, 4.69) is 23.3 Å². The smallest absolute Gasteiger partial charge is 0.253 e. The number of halogens is 1. The number of fused-ring (bicyclic) bond motifs is 1. The van der Waals surface area contributed by atoms with Gasteiger partial charge in [0.15, 0.2) is 5.11 Å². The lowest BCUT2D eigenvalue weighted by Crippen LogP contribution is -2.35. The van der Waals surface area contributed by atoms with Gasteiger partial charge < -0.3 is 15.2 Å². The highest BCUT2D eigenvalue weighted by Gasteiger charge is 2.15. The number of aromatic amines is 1. The summed E-state index contributed by atoms with van der Waals surface area (Å²) in [6.45, 7) is 4.87. The Morgan fingerprint density at radius 1 is 1.00 bits per heavy atom. The zero-order valence-corrected chi connectivity index (χ0v) is 19.5. The van der Waals surface area contributed by atoms with E-state index in [1.165, 1.54) is 12.1 Å². The van der Waals surface area contributed by atoms with Crippen LogP contribution < -0.4 is 10.9 Å². The molecule has 0 aliphatic rings. The van der Waals surface area contributed by atoms with E-state index >= 15 is 0 Å². The van der Waals surface area contributed by atoms with E-state index in [4.69, 9.17) is 12.2 Å². The van der Waals surface area contributed by atoms with E-state index in [0.29, 0.717) is 23.8 Å². The van der Waals surface area contributed by atoms with Gasteiger partial charge >= 0.3 is 0 Å². The minimum atomic E-state index is -0.288. The van der Waals surface area contributed by atoms with Crippen LogP contribution in [0.4, 0.5) is 10.1 Å². The Balaban J connectivity index is 1.67. The van der Waals surface area contributed by atoms with Gasteiger partial charge in [-0.2, -0.15) is 0 Å². The summed E-state index contributed by atoms with van der Waals surface area (Å²) >= 11 is 5.78. The first-order chi connectivity index (χ1) is 15.9. The predicted molar refractivity (Wildman–Crippen MR) is 137 cm³/mol. The molecule has 33 heavy (non-hydrogen) atoms. The molecule has 0 amide bonds. The Morgan fingerprint density at radius 2 is 1.76 bits per heavy atom. The molecule has 0 aliphatic carbocycles. The van der Waals surface area contributed by atoms with Gasteiger partial charge in [0.25, 0.3) is 5.56 Å². The van der Waals surface area contributed by atoms with Gasteiger partial charge in [0, 0.05) is 23.3 Å². The molecule has 0 spiro atoms. The first-order valence-electron chi connectivity index (χ1n) is 10.9. The van der Waals surface area contributed by atoms with E-state index in [9.17, 15) is 9.18 Å². The second-order valence-electron chi connectivity index (χ2n) is 8.14. The third-order valence-electron chi connectivity index (χ3n) is 5.65. The van der Waals surface area contributed by atoms with Crippen molar-refractivity contribution >= 4 is 33.9 Å². The molecule has 6 heteroatoms. The second-order valence-corrected chi connectivity index (χ2v) is 8.52. The van der Waals surface area contributed by atoms with Crippen molar-refractivity contribution in [2.75, 3.05) is 5.32 Å². The first-order valence-corrected chi connectivity index (χ1v) is 11.3. The molecule has 0 unspecified atom stereocenters. The minimum absolute atomic E-state index is 0.146. The fraction of sp³-hybridized carbons (Fsp3) is 0.185. The number of hydrogen-bond donors (Lipinski definition) is 2. The molecule has 3 aromatic carbocycles. The molecule has 168 valence electrons. The zero-order valence-electron chi connectivity index (χ0n) is 18.7. The molecule has 4 aromatic rings. The number of pyridine rings is 1. The summed E-state index contributed by atoms with van der Waals surface area (Å²) in [5, 5.41) is 4.83. The number of para-hydroxylation sites is 1. The van der Waals surface area contributed by atoms with Crippen LogP contribution in [0.15, 0.2) is 77.6 Å². The lowest BCUT2D eigenvalue weighted by atomic mass is 10.1. The lowest BCUT2D eigenvalue weighted by Gasteiger charge is -2.27. The fourth-order valence-corrected chi connectivity index (χ4v) is 4.09. The van der Waals surface area contributed by atoms with Gasteiger partial charge in [-0.1, -0.05) is 48.9 Å². The summed E-state index contributed by atoms with van der Waals surface area (Å²) in [6.07, 6.45) is 0.868. The lowest BCUT2D eigenvalue weighted by molar-refractivity contribution is 0.411. The van der Waals surface area contributed by atoms with Gasteiger partial charge in [-0.3, -0.25) is 4.79 Å². The van der Waals surface area contributed by atoms with Crippen LogP contribution in [-0.4, -0.2) is 15.0 Å². The quantitative estimate of drug-likeness (QED) is 0.351. The molecule has 2 N–H and O–H groups in total. The van der Waals surface area contributed by atoms with E-state index in [1.807, 2.05) is 54.3 Å². The number of hydrogen-bond acceptors (Lipinski definition) is 2. The number of anilines is 1. The van der Waals surface area contributed by atoms with Crippen LogP contribution in [0.1, 0.15) is 29.2 Å². The summed E-state index contributed by atoms with van der Waals surface area (Å²) < 4.78 is 13.4. The highest BCUT2D eigenvalue weighted by molar-refractivity contribution is 7.80. The van der Waals surface area contributed by atoms with Crippen LogP contribution >= 0.6 is 12.2 Å². The van der Waals surface area contributed by atoms with Crippen molar-refractivity contribution in [3.8, 4) is 0 Å². The summed E-state index contributed by atoms with van der Waals surface area (Å²) in [7, 11) is 0. The molecule has 0 atom stereocenters. The average molecular weight is 460 g/mol. The first kappa shape index (κ1) is 22.7. The van der Waals surface area contributed by atoms with Gasteiger partial charge in [-0.25, -0.2) is 4.39 Å². The molecule has 4 rings (SSSR count). The molecule has 0 fully saturated rings. The van der Waals surface area contributed by atoms with E-state index in [-0.39, 0.29) is 11.4 Å². The number of H-pyrrole nitrogens is 1. The Hall–Kier alpha value is -3.51. The van der Waals surface area contributed by atoms with Crippen LogP contribution in [0.2, 0.25) is 0 Å². The number of aryl methyl sites for hydroxylation is 2. The topological polar surface area (TPSA) is 48.1 Å². The van der Waals surface area contributed by atoms with Crippen LogP contribution in [0, 0.1) is 12.7 Å². The van der Waals surface area contributed by atoms with Crippen molar-refractivity contribution in [2.45, 2.75) is 33.4 Å². The Bertz CT molecular complexity index is 1350. The predicted octanol–water partition coefficient (Wildman–Crippen LogP) is 5.94. The molecular weight excluding hydrogens is 433 g/mol. The normalized spacial score (nSPS) is 10.9. The molecular formula is C27H26FN3OS. The van der Waals surface area contributed by atoms with Crippen LogP contribution in [-0.2, 0) is 19.5 Å². The Morgan fingerprint density at radius 3 is 2.52 bits per heavy atom. The summed E-state index contributed by atoms with van der Waals surface area (Å²) in [6, 6.07) is 22.2. The van der Waals surface area contributed by atoms with E-state index in [1.54, 1.807) is 12.1 Å². The van der Waals surface area contributed by atoms with Crippen LogP contribution in [0.3, 0.4) is 0 Å². The zero-order chi connectivity index (χ0) is 23.4. The molecule has 4 nitrogen and oxygen atoms in total. The van der Waals surface area contributed by atoms with Gasteiger partial charge in [0.2, 0.25) is 0 Å². The maximum atomic E-state index is 13.4. The van der Waals surface area contributed by atoms with Gasteiger partial charge in [-0.15, -0.1) is 0 Å². The third-order valence-corrected chi connectivity index (χ3v) is 6.01. The maximum absolute atomic E-state index is 13.4. The number of aromatic nitrogens is 1. The van der Waals surface area contributed by atoms with E-state index < -0.39 is 0 Å². The number of benzene rings is 3. The second kappa shape index (κ2) is 9.96. The average Bonchev–Trinajstić information content (AvgIpc) is 2.81. The summed E-state index contributed by atoms with van der Waals surface area (Å²) in [5.74, 6) is -0.288. The molecule has 0 saturated carbocycles. The van der Waals surface area contributed by atoms with Gasteiger partial charge in [0.1, 0.15) is 5.82 Å². The SMILES string of the molecule is CCc1ccccc1NC(=S)N(Cc1ccc(F)cc1)Cc1cc2cc(C)ccc2[nH]c1=O. The van der Waals surface area contributed by atoms with Crippen molar-refractivity contribution < 1.29 is 4.39 Å². The largest absolute Gasteiger partial charge is 0.340 e. The Kier molecular flexibility index (Phi) is 6.84. The fourth-order valence-electron chi connectivity index (χ4n) is 3.85. The van der Waals surface area contributed by atoms with Gasteiger partial charge in [-0.05, 0) is 78.5 Å². The highest BCUT2D eigenvalue weighted by atomic mass is 32.1. The molecule has 0 bridgehead atoms. The standard InChI is InChI=1S/C27H26FN3OS/c1-3-20-6-4-5-7-24(20)30-27(33)31(16-19-9-11-23(28)12-10-19)17-22-15-21-14-18(2)8-13-25(21)29-26(22)32/h4-15H,3,16-17H2,1-2H3,(H,29,32)(H,30,33). The number of nitrogens with zero attached hydrogens (tertiary/aromatic N) is 1. The highest BCUT2D eigenvalue weighted by Crippen LogP contribution is 2.19. The van der Waals surface area contributed by atoms with E-state index in [0.717, 1.165) is 39.7 Å². The monoisotopic (exact) mass is 459 g/mol. The van der Waals surface area contributed by atoms with Crippen LogP contribution in [0.25, 0.3) is 10.9 Å². The van der Waals surface area contributed by atoms with Gasteiger partial charge in [0.05, 0.1) is 6.54 Å². The number of thiocarbonyl (C=S) groups is 1. The third kappa shape index (κ3) is 5.46. The molecule has 0 radical (unpaired) electrons. The molecule has 0 saturated heterocycles. The van der Waals surface area contributed by atoms with Crippen LogP contribution in [0.5, 0.6) is 0 Å². The molecule has 1 heterocycles.